The molecule has 1 amide bonds. The molecule has 18 heavy (non-hydrogen) atoms. The van der Waals surface area contributed by atoms with Crippen molar-refractivity contribution < 1.29 is 4.79 Å². The summed E-state index contributed by atoms with van der Waals surface area (Å²) in [6.45, 7) is 1.76. The number of likely N-dealkylation sites (tertiary alicyclic amines) is 1. The van der Waals surface area contributed by atoms with Crippen LogP contribution in [0.25, 0.3) is 0 Å². The van der Waals surface area contributed by atoms with Gasteiger partial charge in [0.15, 0.2) is 0 Å². The van der Waals surface area contributed by atoms with Crippen LogP contribution >= 0.6 is 12.4 Å². The van der Waals surface area contributed by atoms with Crippen LogP contribution in [0.3, 0.4) is 0 Å². The number of nitrogens with two attached hydrogens (primary N) is 1. The lowest BCUT2D eigenvalue weighted by Gasteiger charge is -2.31. The Balaban J connectivity index is 0.00000162. The molecule has 1 aliphatic heterocycles. The lowest BCUT2D eigenvalue weighted by Crippen LogP contribution is -2.43. The Kier molecular flexibility index (Phi) is 7.02. The first-order valence-electron chi connectivity index (χ1n) is 7.29. The number of nitrogens with zero attached hydrogens (tertiary/aromatic N) is 1. The molecule has 0 bridgehead atoms. The number of carbonyl (C=O) groups excluding carboxylic acids is 1. The van der Waals surface area contributed by atoms with Crippen LogP contribution in [0, 0.1) is 5.92 Å². The highest BCUT2D eigenvalue weighted by molar-refractivity contribution is 5.85. The first-order valence-corrected chi connectivity index (χ1v) is 7.29. The predicted molar refractivity (Wildman–Crippen MR) is 76.8 cm³/mol. The lowest BCUT2D eigenvalue weighted by molar-refractivity contribution is -0.133. The van der Waals surface area contributed by atoms with E-state index in [0.717, 1.165) is 32.4 Å². The van der Waals surface area contributed by atoms with E-state index < -0.39 is 0 Å². The van der Waals surface area contributed by atoms with Crippen molar-refractivity contribution in [2.24, 2.45) is 11.7 Å². The first-order chi connectivity index (χ1) is 8.25. The molecule has 2 fully saturated rings. The van der Waals surface area contributed by atoms with Crippen molar-refractivity contribution in [3.05, 3.63) is 0 Å². The molecule has 0 unspecified atom stereocenters. The molecule has 1 aliphatic carbocycles. The van der Waals surface area contributed by atoms with Gasteiger partial charge in [-0.2, -0.15) is 0 Å². The summed E-state index contributed by atoms with van der Waals surface area (Å²) in [5.74, 6) is 1.03. The quantitative estimate of drug-likeness (QED) is 0.787. The van der Waals surface area contributed by atoms with E-state index >= 15 is 0 Å². The minimum absolute atomic E-state index is 0. The molecule has 106 valence electrons. The average molecular weight is 275 g/mol. The molecule has 1 saturated heterocycles. The largest absolute Gasteiger partial charge is 0.343 e. The van der Waals surface area contributed by atoms with E-state index in [1.165, 1.54) is 38.5 Å². The van der Waals surface area contributed by atoms with Gasteiger partial charge in [-0.25, -0.2) is 0 Å². The van der Waals surface area contributed by atoms with Crippen LogP contribution in [0.2, 0.25) is 0 Å². The van der Waals surface area contributed by atoms with Crippen LogP contribution < -0.4 is 5.73 Å². The molecule has 2 rings (SSSR count). The number of carbonyl (C=O) groups is 1. The minimum Gasteiger partial charge on any atom is -0.343 e. The Morgan fingerprint density at radius 3 is 2.11 bits per heavy atom. The lowest BCUT2D eigenvalue weighted by atomic mass is 9.95. The number of hydrogen-bond donors (Lipinski definition) is 1. The molecule has 0 aromatic carbocycles. The molecule has 0 radical (unpaired) electrons. The molecule has 2 N–H and O–H groups in total. The van der Waals surface area contributed by atoms with Crippen molar-refractivity contribution in [2.75, 3.05) is 13.1 Å². The molecular weight excluding hydrogens is 248 g/mol. The highest BCUT2D eigenvalue weighted by atomic mass is 35.5. The second-order valence-corrected chi connectivity index (χ2v) is 5.78. The number of hydrogen-bond acceptors (Lipinski definition) is 2. The highest BCUT2D eigenvalue weighted by Crippen LogP contribution is 2.26. The van der Waals surface area contributed by atoms with Gasteiger partial charge in [0, 0.05) is 25.6 Å². The Hall–Kier alpha value is -0.280. The number of piperidine rings is 1. The van der Waals surface area contributed by atoms with Crippen LogP contribution in [0.1, 0.15) is 57.8 Å². The van der Waals surface area contributed by atoms with Gasteiger partial charge in [-0.1, -0.05) is 25.7 Å². The Morgan fingerprint density at radius 2 is 1.56 bits per heavy atom. The number of rotatable bonds is 2. The van der Waals surface area contributed by atoms with Gasteiger partial charge in [0.2, 0.25) is 5.91 Å². The maximum Gasteiger partial charge on any atom is 0.222 e. The Bertz CT molecular complexity index is 244. The number of halogens is 1. The molecule has 0 aromatic heterocycles. The molecule has 4 heteroatoms. The molecule has 1 saturated carbocycles. The van der Waals surface area contributed by atoms with E-state index in [0.29, 0.717) is 17.9 Å². The van der Waals surface area contributed by atoms with Crippen LogP contribution in [-0.4, -0.2) is 29.9 Å². The van der Waals surface area contributed by atoms with Gasteiger partial charge >= 0.3 is 0 Å². The van der Waals surface area contributed by atoms with E-state index in [-0.39, 0.29) is 12.4 Å². The first kappa shape index (κ1) is 15.8. The van der Waals surface area contributed by atoms with Crippen molar-refractivity contribution in [2.45, 2.75) is 63.8 Å². The monoisotopic (exact) mass is 274 g/mol. The Morgan fingerprint density at radius 1 is 1.00 bits per heavy atom. The summed E-state index contributed by atoms with van der Waals surface area (Å²) < 4.78 is 0. The summed E-state index contributed by atoms with van der Waals surface area (Å²) >= 11 is 0. The van der Waals surface area contributed by atoms with Crippen LogP contribution in [0.5, 0.6) is 0 Å². The standard InChI is InChI=1S/C14H26N2O.ClH/c15-13-7-9-16(10-8-13)14(17)11-12-5-3-1-2-4-6-12;/h12-13H,1-11,15H2;1H. The summed E-state index contributed by atoms with van der Waals surface area (Å²) in [5, 5.41) is 0. The zero-order chi connectivity index (χ0) is 12.1. The van der Waals surface area contributed by atoms with Crippen LogP contribution in [0.15, 0.2) is 0 Å². The van der Waals surface area contributed by atoms with E-state index in [1.54, 1.807) is 0 Å². The molecule has 2 aliphatic rings. The van der Waals surface area contributed by atoms with Gasteiger partial charge in [-0.3, -0.25) is 4.79 Å². The highest BCUT2D eigenvalue weighted by Gasteiger charge is 2.23. The third-order valence-electron chi connectivity index (χ3n) is 4.33. The maximum absolute atomic E-state index is 12.2. The van der Waals surface area contributed by atoms with Gasteiger partial charge in [0.1, 0.15) is 0 Å². The fraction of sp³-hybridized carbons (Fsp3) is 0.929. The van der Waals surface area contributed by atoms with Crippen LogP contribution in [0.4, 0.5) is 0 Å². The van der Waals surface area contributed by atoms with E-state index in [2.05, 4.69) is 0 Å². The zero-order valence-corrected chi connectivity index (χ0v) is 12.1. The van der Waals surface area contributed by atoms with Gasteiger partial charge in [-0.05, 0) is 31.6 Å². The smallest absolute Gasteiger partial charge is 0.222 e. The van der Waals surface area contributed by atoms with E-state index in [1.807, 2.05) is 4.90 Å². The van der Waals surface area contributed by atoms with Crippen LogP contribution in [-0.2, 0) is 4.79 Å². The van der Waals surface area contributed by atoms with Crippen molar-refractivity contribution in [1.82, 2.24) is 4.90 Å². The average Bonchev–Trinajstić information content (AvgIpc) is 2.58. The minimum atomic E-state index is 0. The second-order valence-electron chi connectivity index (χ2n) is 5.78. The third kappa shape index (κ3) is 4.77. The molecule has 0 aromatic rings. The van der Waals surface area contributed by atoms with Crippen molar-refractivity contribution in [1.29, 1.82) is 0 Å². The van der Waals surface area contributed by atoms with Crippen molar-refractivity contribution >= 4 is 18.3 Å². The summed E-state index contributed by atoms with van der Waals surface area (Å²) in [6, 6.07) is 0.317. The van der Waals surface area contributed by atoms with Gasteiger partial charge in [0.05, 0.1) is 0 Å². The van der Waals surface area contributed by atoms with Gasteiger partial charge in [-0.15, -0.1) is 12.4 Å². The van der Waals surface area contributed by atoms with E-state index in [9.17, 15) is 4.79 Å². The third-order valence-corrected chi connectivity index (χ3v) is 4.33. The molecule has 0 spiro atoms. The summed E-state index contributed by atoms with van der Waals surface area (Å²) in [6.07, 6.45) is 10.7. The molecular formula is C14H27ClN2O. The van der Waals surface area contributed by atoms with E-state index in [4.69, 9.17) is 5.73 Å². The molecule has 1 heterocycles. The molecule has 3 nitrogen and oxygen atoms in total. The Labute approximate surface area is 117 Å². The molecule has 0 atom stereocenters. The zero-order valence-electron chi connectivity index (χ0n) is 11.3. The fourth-order valence-electron chi connectivity index (χ4n) is 3.09. The van der Waals surface area contributed by atoms with Gasteiger partial charge < -0.3 is 10.6 Å². The topological polar surface area (TPSA) is 46.3 Å². The SMILES string of the molecule is Cl.NC1CCN(C(=O)CC2CCCCCC2)CC1. The fourth-order valence-corrected chi connectivity index (χ4v) is 3.09. The van der Waals surface area contributed by atoms with Crippen molar-refractivity contribution in [3.63, 3.8) is 0 Å². The maximum atomic E-state index is 12.2. The van der Waals surface area contributed by atoms with Gasteiger partial charge in [0.25, 0.3) is 0 Å². The predicted octanol–water partition coefficient (Wildman–Crippen LogP) is 2.72. The summed E-state index contributed by atoms with van der Waals surface area (Å²) in [4.78, 5) is 14.2. The van der Waals surface area contributed by atoms with Crippen molar-refractivity contribution in [3.8, 4) is 0 Å². The summed E-state index contributed by atoms with van der Waals surface area (Å²) in [5.41, 5.74) is 5.86. The normalized spacial score (nSPS) is 23.3. The summed E-state index contributed by atoms with van der Waals surface area (Å²) in [7, 11) is 0. The second kappa shape index (κ2) is 8.00. The number of amides is 1.